The van der Waals surface area contributed by atoms with E-state index in [0.717, 1.165) is 0 Å². The quantitative estimate of drug-likeness (QED) is 0.387. The van der Waals surface area contributed by atoms with E-state index in [1.807, 2.05) is 18.2 Å². The monoisotopic (exact) mass is 341 g/mol. The fraction of sp³-hybridized carbons (Fsp3) is 0.158. The van der Waals surface area contributed by atoms with Crippen LogP contribution in [0.3, 0.4) is 0 Å². The van der Waals surface area contributed by atoms with Crippen molar-refractivity contribution in [1.29, 1.82) is 0 Å². The number of hydrogen-bond acceptors (Lipinski definition) is 5. The third-order valence-electron chi connectivity index (χ3n) is 3.23. The van der Waals surface area contributed by atoms with Gasteiger partial charge in [0.1, 0.15) is 24.7 Å². The van der Waals surface area contributed by atoms with Crippen LogP contribution in [0.25, 0.3) is 6.08 Å². The summed E-state index contributed by atoms with van der Waals surface area (Å²) in [6, 6.07) is 12.1. The predicted octanol–water partition coefficient (Wildman–Crippen LogP) is 4.26. The number of nitro groups is 1. The van der Waals surface area contributed by atoms with Crippen molar-refractivity contribution in [2.75, 3.05) is 20.3 Å². The topological polar surface area (TPSA) is 70.8 Å². The SMILES string of the molecule is C=CCOc1cccc(OC/C=C/c2ccc(OC)c([N+](=O)[O-])c2)c1. The molecule has 0 bridgehead atoms. The van der Waals surface area contributed by atoms with Gasteiger partial charge in [-0.05, 0) is 29.8 Å². The lowest BCUT2D eigenvalue weighted by Crippen LogP contribution is -1.96. The van der Waals surface area contributed by atoms with Gasteiger partial charge in [-0.15, -0.1) is 0 Å². The van der Waals surface area contributed by atoms with E-state index in [1.54, 1.807) is 36.4 Å². The van der Waals surface area contributed by atoms with Gasteiger partial charge in [-0.3, -0.25) is 10.1 Å². The Balaban J connectivity index is 1.96. The molecule has 6 heteroatoms. The molecule has 0 N–H and O–H groups in total. The van der Waals surface area contributed by atoms with E-state index >= 15 is 0 Å². The number of hydrogen-bond donors (Lipinski definition) is 0. The van der Waals surface area contributed by atoms with Crippen molar-refractivity contribution < 1.29 is 19.1 Å². The van der Waals surface area contributed by atoms with Crippen LogP contribution in [0, 0.1) is 10.1 Å². The molecule has 0 amide bonds. The highest BCUT2D eigenvalue weighted by atomic mass is 16.6. The third-order valence-corrected chi connectivity index (χ3v) is 3.23. The molecule has 0 aliphatic rings. The molecular weight excluding hydrogens is 322 g/mol. The molecule has 0 radical (unpaired) electrons. The molecular formula is C19H19NO5. The molecule has 25 heavy (non-hydrogen) atoms. The number of benzene rings is 2. The van der Waals surface area contributed by atoms with Crippen molar-refractivity contribution in [1.82, 2.24) is 0 Å². The van der Waals surface area contributed by atoms with E-state index in [9.17, 15) is 10.1 Å². The molecule has 0 unspecified atom stereocenters. The minimum atomic E-state index is -0.471. The van der Waals surface area contributed by atoms with E-state index in [2.05, 4.69) is 6.58 Å². The second kappa shape index (κ2) is 9.12. The van der Waals surface area contributed by atoms with Crippen molar-refractivity contribution in [3.8, 4) is 17.2 Å². The van der Waals surface area contributed by atoms with E-state index in [0.29, 0.717) is 30.3 Å². The zero-order valence-electron chi connectivity index (χ0n) is 13.9. The minimum absolute atomic E-state index is 0.0716. The number of ether oxygens (including phenoxy) is 3. The van der Waals surface area contributed by atoms with Gasteiger partial charge in [0.2, 0.25) is 0 Å². The highest BCUT2D eigenvalue weighted by molar-refractivity contribution is 5.58. The van der Waals surface area contributed by atoms with E-state index in [1.165, 1.54) is 13.2 Å². The van der Waals surface area contributed by atoms with Crippen LogP contribution in [-0.2, 0) is 0 Å². The maximum atomic E-state index is 11.0. The molecule has 0 aromatic heterocycles. The molecule has 0 heterocycles. The molecule has 0 saturated heterocycles. The third kappa shape index (κ3) is 5.39. The van der Waals surface area contributed by atoms with Crippen LogP contribution in [0.15, 0.2) is 61.2 Å². The highest BCUT2D eigenvalue weighted by Crippen LogP contribution is 2.28. The van der Waals surface area contributed by atoms with Gasteiger partial charge in [-0.25, -0.2) is 0 Å². The Hall–Kier alpha value is -3.28. The Morgan fingerprint density at radius 3 is 2.48 bits per heavy atom. The zero-order valence-corrected chi connectivity index (χ0v) is 13.9. The lowest BCUT2D eigenvalue weighted by molar-refractivity contribution is -0.385. The summed E-state index contributed by atoms with van der Waals surface area (Å²) in [6.45, 7) is 4.35. The van der Waals surface area contributed by atoms with Crippen LogP contribution in [0.5, 0.6) is 17.2 Å². The average molecular weight is 341 g/mol. The molecule has 2 aromatic rings. The Morgan fingerprint density at radius 2 is 1.84 bits per heavy atom. The van der Waals surface area contributed by atoms with Crippen molar-refractivity contribution in [3.63, 3.8) is 0 Å². The number of methoxy groups -OCH3 is 1. The largest absolute Gasteiger partial charge is 0.490 e. The summed E-state index contributed by atoms with van der Waals surface area (Å²) in [4.78, 5) is 10.5. The lowest BCUT2D eigenvalue weighted by Gasteiger charge is -2.07. The Bertz CT molecular complexity index is 770. The van der Waals surface area contributed by atoms with Crippen LogP contribution in [0.1, 0.15) is 5.56 Å². The van der Waals surface area contributed by atoms with Crippen LogP contribution in [0.2, 0.25) is 0 Å². The Labute approximate surface area is 146 Å². The highest BCUT2D eigenvalue weighted by Gasteiger charge is 2.14. The van der Waals surface area contributed by atoms with Gasteiger partial charge in [0, 0.05) is 12.1 Å². The first-order chi connectivity index (χ1) is 12.1. The van der Waals surface area contributed by atoms with Crippen LogP contribution in [-0.4, -0.2) is 25.2 Å². The van der Waals surface area contributed by atoms with Crippen LogP contribution >= 0.6 is 0 Å². The first-order valence-electron chi connectivity index (χ1n) is 7.59. The maximum Gasteiger partial charge on any atom is 0.311 e. The average Bonchev–Trinajstić information content (AvgIpc) is 2.63. The van der Waals surface area contributed by atoms with E-state index in [-0.39, 0.29) is 11.4 Å². The molecule has 0 atom stereocenters. The number of nitrogens with zero attached hydrogens (tertiary/aromatic N) is 1. The molecule has 0 saturated carbocycles. The minimum Gasteiger partial charge on any atom is -0.490 e. The fourth-order valence-electron chi connectivity index (χ4n) is 2.09. The summed E-state index contributed by atoms with van der Waals surface area (Å²) in [5, 5.41) is 11.0. The summed E-state index contributed by atoms with van der Waals surface area (Å²) in [6.07, 6.45) is 5.21. The van der Waals surface area contributed by atoms with Gasteiger partial charge >= 0.3 is 5.69 Å². The fourth-order valence-corrected chi connectivity index (χ4v) is 2.09. The second-order valence-corrected chi connectivity index (χ2v) is 4.98. The van der Waals surface area contributed by atoms with E-state index < -0.39 is 4.92 Å². The van der Waals surface area contributed by atoms with Gasteiger partial charge < -0.3 is 14.2 Å². The summed E-state index contributed by atoms with van der Waals surface area (Å²) in [7, 11) is 1.40. The molecule has 0 aliphatic carbocycles. The van der Waals surface area contributed by atoms with Crippen molar-refractivity contribution >= 4 is 11.8 Å². The summed E-state index contributed by atoms with van der Waals surface area (Å²) in [5.41, 5.74) is 0.622. The molecule has 0 spiro atoms. The summed E-state index contributed by atoms with van der Waals surface area (Å²) >= 11 is 0. The first-order valence-corrected chi connectivity index (χ1v) is 7.59. The van der Waals surface area contributed by atoms with Gasteiger partial charge in [0.25, 0.3) is 0 Å². The molecule has 0 aliphatic heterocycles. The van der Waals surface area contributed by atoms with Gasteiger partial charge in [-0.2, -0.15) is 0 Å². The Morgan fingerprint density at radius 1 is 1.12 bits per heavy atom. The normalized spacial score (nSPS) is 10.4. The number of rotatable bonds is 9. The maximum absolute atomic E-state index is 11.0. The second-order valence-electron chi connectivity index (χ2n) is 4.98. The summed E-state index contributed by atoms with van der Waals surface area (Å²) < 4.78 is 16.0. The summed E-state index contributed by atoms with van der Waals surface area (Å²) in [5.74, 6) is 1.61. The van der Waals surface area contributed by atoms with Crippen molar-refractivity contribution in [2.24, 2.45) is 0 Å². The standard InChI is InChI=1S/C19H19NO5/c1-3-11-24-16-7-4-8-17(14-16)25-12-5-6-15-9-10-19(23-2)18(13-15)20(21)22/h3-10,13-14H,1,11-12H2,2H3/b6-5+. The van der Waals surface area contributed by atoms with Crippen molar-refractivity contribution in [3.05, 3.63) is 76.9 Å². The lowest BCUT2D eigenvalue weighted by atomic mass is 10.2. The Kier molecular flexibility index (Phi) is 6.59. The van der Waals surface area contributed by atoms with Crippen LogP contribution in [0.4, 0.5) is 5.69 Å². The molecule has 0 fully saturated rings. The smallest absolute Gasteiger partial charge is 0.311 e. The van der Waals surface area contributed by atoms with Gasteiger partial charge in [0.15, 0.2) is 5.75 Å². The molecule has 2 aromatic carbocycles. The number of nitro benzene ring substituents is 1. The predicted molar refractivity (Wildman–Crippen MR) is 96.3 cm³/mol. The van der Waals surface area contributed by atoms with Crippen molar-refractivity contribution in [2.45, 2.75) is 0 Å². The van der Waals surface area contributed by atoms with Gasteiger partial charge in [0.05, 0.1) is 12.0 Å². The van der Waals surface area contributed by atoms with E-state index in [4.69, 9.17) is 14.2 Å². The zero-order chi connectivity index (χ0) is 18.1. The molecule has 6 nitrogen and oxygen atoms in total. The van der Waals surface area contributed by atoms with Crippen LogP contribution < -0.4 is 14.2 Å². The first kappa shape index (κ1) is 18.1. The van der Waals surface area contributed by atoms with Gasteiger partial charge in [-0.1, -0.05) is 30.9 Å². The molecule has 2 rings (SSSR count). The molecule has 130 valence electrons.